The van der Waals surface area contributed by atoms with Crippen LogP contribution in [0.25, 0.3) is 0 Å². The molecule has 0 N–H and O–H groups in total. The summed E-state index contributed by atoms with van der Waals surface area (Å²) in [6.07, 6.45) is 41.9. The molecule has 294 valence electrons. The van der Waals surface area contributed by atoms with Crippen molar-refractivity contribution in [3.63, 3.8) is 0 Å². The zero-order chi connectivity index (χ0) is 37.0. The zero-order valence-corrected chi connectivity index (χ0v) is 34.3. The lowest BCUT2D eigenvalue weighted by molar-refractivity contribution is -0.902. The van der Waals surface area contributed by atoms with Crippen LogP contribution in [0.2, 0.25) is 0 Å². The summed E-state index contributed by atoms with van der Waals surface area (Å²) in [5, 5.41) is 0. The first-order valence-corrected chi connectivity index (χ1v) is 21.3. The van der Waals surface area contributed by atoms with Gasteiger partial charge in [0.05, 0.1) is 14.1 Å². The van der Waals surface area contributed by atoms with Gasteiger partial charge in [-0.3, -0.25) is 14.5 Å². The van der Waals surface area contributed by atoms with Crippen molar-refractivity contribution in [3.8, 4) is 0 Å². The zero-order valence-electron chi connectivity index (χ0n) is 34.3. The molecule has 6 heteroatoms. The standard InChI is InChI=1S/C44H85N2O4/c1-7-9-11-13-15-17-19-21-23-25-27-29-31-33-35-37-43(47)49-40-42(39-46(5,6)41-45(3)4)50-44(48)38-36-34-32-30-28-26-24-22-20-18-16-14-12-10-8-2/h21-24,42H,7-20,25-41H2,1-6H3/q+1/b23-21+,24-22+. The Morgan fingerprint density at radius 2 is 0.900 bits per heavy atom. The van der Waals surface area contributed by atoms with Crippen molar-refractivity contribution in [2.75, 3.05) is 48.0 Å². The minimum atomic E-state index is -0.432. The predicted octanol–water partition coefficient (Wildman–Crippen LogP) is 12.1. The molecule has 0 saturated carbocycles. The van der Waals surface area contributed by atoms with Gasteiger partial charge in [-0.15, -0.1) is 0 Å². The highest BCUT2D eigenvalue weighted by Crippen LogP contribution is 2.14. The molecule has 0 radical (unpaired) electrons. The molecule has 0 spiro atoms. The monoisotopic (exact) mass is 706 g/mol. The molecule has 0 aromatic rings. The Balaban J connectivity index is 4.16. The summed E-state index contributed by atoms with van der Waals surface area (Å²) in [5.41, 5.74) is 0. The van der Waals surface area contributed by atoms with Crippen LogP contribution in [0.15, 0.2) is 24.3 Å². The number of hydrogen-bond acceptors (Lipinski definition) is 5. The smallest absolute Gasteiger partial charge is 0.306 e. The van der Waals surface area contributed by atoms with Gasteiger partial charge in [-0.1, -0.05) is 141 Å². The van der Waals surface area contributed by atoms with Crippen molar-refractivity contribution in [3.05, 3.63) is 24.3 Å². The van der Waals surface area contributed by atoms with Crippen molar-refractivity contribution in [1.29, 1.82) is 0 Å². The van der Waals surface area contributed by atoms with E-state index in [0.29, 0.717) is 23.9 Å². The van der Waals surface area contributed by atoms with Crippen molar-refractivity contribution in [2.24, 2.45) is 0 Å². The third-order valence-electron chi connectivity index (χ3n) is 9.38. The molecule has 0 rings (SSSR count). The van der Waals surface area contributed by atoms with E-state index in [0.717, 1.165) is 58.0 Å². The Kier molecular flexibility index (Phi) is 34.5. The fraction of sp³-hybridized carbons (Fsp3) is 0.864. The number of unbranched alkanes of at least 4 members (excludes halogenated alkanes) is 22. The molecule has 0 aromatic carbocycles. The molecule has 0 heterocycles. The molecule has 0 fully saturated rings. The first kappa shape index (κ1) is 48.3. The highest BCUT2D eigenvalue weighted by molar-refractivity contribution is 5.70. The van der Waals surface area contributed by atoms with Gasteiger partial charge >= 0.3 is 11.9 Å². The van der Waals surface area contributed by atoms with Gasteiger partial charge in [0.2, 0.25) is 0 Å². The Hall–Kier alpha value is -1.66. The molecule has 0 saturated heterocycles. The molecule has 50 heavy (non-hydrogen) atoms. The first-order chi connectivity index (χ1) is 24.2. The number of carbonyl (C=O) groups excluding carboxylic acids is 2. The fourth-order valence-corrected chi connectivity index (χ4v) is 6.68. The summed E-state index contributed by atoms with van der Waals surface area (Å²) in [5.74, 6) is -0.357. The lowest BCUT2D eigenvalue weighted by Gasteiger charge is -2.35. The van der Waals surface area contributed by atoms with Gasteiger partial charge in [0.25, 0.3) is 0 Å². The number of likely N-dealkylation sites (N-methyl/N-ethyl adjacent to an activating group) is 1. The number of quaternary nitrogens is 1. The quantitative estimate of drug-likeness (QED) is 0.0212. The average Bonchev–Trinajstić information content (AvgIpc) is 3.06. The van der Waals surface area contributed by atoms with E-state index in [1.54, 1.807) is 0 Å². The average molecular weight is 706 g/mol. The molecular formula is C44H85N2O4+. The second-order valence-corrected chi connectivity index (χ2v) is 15.8. The van der Waals surface area contributed by atoms with E-state index in [9.17, 15) is 9.59 Å². The number of nitrogens with zero attached hydrogens (tertiary/aromatic N) is 2. The minimum Gasteiger partial charge on any atom is -0.461 e. The van der Waals surface area contributed by atoms with Crippen LogP contribution in [-0.4, -0.2) is 75.4 Å². The molecule has 6 nitrogen and oxygen atoms in total. The maximum Gasteiger partial charge on any atom is 0.306 e. The summed E-state index contributed by atoms with van der Waals surface area (Å²) < 4.78 is 12.2. The topological polar surface area (TPSA) is 55.8 Å². The first-order valence-electron chi connectivity index (χ1n) is 21.3. The van der Waals surface area contributed by atoms with Gasteiger partial charge in [-0.05, 0) is 78.3 Å². The van der Waals surface area contributed by atoms with Gasteiger partial charge < -0.3 is 14.0 Å². The maximum atomic E-state index is 12.8. The van der Waals surface area contributed by atoms with Crippen molar-refractivity contribution < 1.29 is 23.5 Å². The highest BCUT2D eigenvalue weighted by Gasteiger charge is 2.27. The molecular weight excluding hydrogens is 620 g/mol. The van der Waals surface area contributed by atoms with Gasteiger partial charge in [-0.2, -0.15) is 0 Å². The van der Waals surface area contributed by atoms with E-state index >= 15 is 0 Å². The molecule has 0 aliphatic rings. The molecule has 0 aliphatic carbocycles. The third-order valence-corrected chi connectivity index (χ3v) is 9.38. The Labute approximate surface area is 311 Å². The molecule has 1 atom stereocenters. The number of ether oxygens (including phenoxy) is 2. The maximum absolute atomic E-state index is 12.8. The number of allylic oxidation sites excluding steroid dienone is 4. The number of hydrogen-bond donors (Lipinski definition) is 0. The van der Waals surface area contributed by atoms with E-state index < -0.39 is 6.10 Å². The molecule has 0 bridgehead atoms. The van der Waals surface area contributed by atoms with Gasteiger partial charge in [0.1, 0.15) is 19.8 Å². The van der Waals surface area contributed by atoms with Crippen LogP contribution in [0.5, 0.6) is 0 Å². The van der Waals surface area contributed by atoms with Crippen molar-refractivity contribution >= 4 is 11.9 Å². The van der Waals surface area contributed by atoms with Crippen LogP contribution in [0, 0.1) is 0 Å². The number of esters is 2. The molecule has 0 amide bonds. The summed E-state index contributed by atoms with van der Waals surface area (Å²) in [6, 6.07) is 0. The van der Waals surface area contributed by atoms with Crippen molar-refractivity contribution in [2.45, 2.75) is 200 Å². The number of rotatable bonds is 37. The van der Waals surface area contributed by atoms with Crippen LogP contribution >= 0.6 is 0 Å². The number of carbonyl (C=O) groups is 2. The summed E-state index contributed by atoms with van der Waals surface area (Å²) >= 11 is 0. The summed E-state index contributed by atoms with van der Waals surface area (Å²) in [6.45, 7) is 6.09. The largest absolute Gasteiger partial charge is 0.461 e. The minimum absolute atomic E-state index is 0.136. The second kappa shape index (κ2) is 35.7. The molecule has 0 aliphatic heterocycles. The lowest BCUT2D eigenvalue weighted by atomic mass is 10.1. The summed E-state index contributed by atoms with van der Waals surface area (Å²) in [4.78, 5) is 27.5. The van der Waals surface area contributed by atoms with E-state index in [2.05, 4.69) is 57.1 Å². The normalized spacial score (nSPS) is 12.8. The van der Waals surface area contributed by atoms with Crippen LogP contribution in [-0.2, 0) is 19.1 Å². The predicted molar refractivity (Wildman–Crippen MR) is 215 cm³/mol. The van der Waals surface area contributed by atoms with Gasteiger partial charge in [-0.25, -0.2) is 0 Å². The van der Waals surface area contributed by atoms with E-state index in [1.807, 2.05) is 14.1 Å². The Bertz CT molecular complexity index is 823. The van der Waals surface area contributed by atoms with Crippen LogP contribution in [0.3, 0.4) is 0 Å². The molecule has 0 aromatic heterocycles. The Morgan fingerprint density at radius 3 is 1.30 bits per heavy atom. The third kappa shape index (κ3) is 36.1. The van der Waals surface area contributed by atoms with Gasteiger partial charge in [0.15, 0.2) is 6.10 Å². The SMILES string of the molecule is CCCCCCCC/C=C/CCCCCCCC(=O)OCC(C[N+](C)(C)CN(C)C)OC(=O)CCCCCCC/C=C/CCCCCCCC. The second-order valence-electron chi connectivity index (χ2n) is 15.8. The lowest BCUT2D eigenvalue weighted by Crippen LogP contribution is -2.52. The van der Waals surface area contributed by atoms with Crippen LogP contribution < -0.4 is 0 Å². The van der Waals surface area contributed by atoms with Crippen LogP contribution in [0.4, 0.5) is 0 Å². The van der Waals surface area contributed by atoms with Crippen molar-refractivity contribution in [1.82, 2.24) is 4.90 Å². The van der Waals surface area contributed by atoms with E-state index in [1.165, 1.54) is 116 Å². The summed E-state index contributed by atoms with van der Waals surface area (Å²) in [7, 11) is 8.33. The Morgan fingerprint density at radius 1 is 0.540 bits per heavy atom. The van der Waals surface area contributed by atoms with E-state index in [-0.39, 0.29) is 18.5 Å². The molecule has 1 unspecified atom stereocenters. The fourth-order valence-electron chi connectivity index (χ4n) is 6.68. The highest BCUT2D eigenvalue weighted by atomic mass is 16.6. The van der Waals surface area contributed by atoms with Crippen LogP contribution in [0.1, 0.15) is 194 Å². The van der Waals surface area contributed by atoms with E-state index in [4.69, 9.17) is 9.47 Å². The van der Waals surface area contributed by atoms with Gasteiger partial charge in [0, 0.05) is 12.8 Å².